The van der Waals surface area contributed by atoms with Crippen LogP contribution in [0, 0.1) is 23.7 Å². The fraction of sp³-hybridized carbons (Fsp3) is 0.792. The Balaban J connectivity index is 2.02. The number of aliphatic hydroxyl groups is 1. The molecule has 0 aromatic carbocycles. The smallest absolute Gasteiger partial charge is 0.306 e. The highest BCUT2D eigenvalue weighted by molar-refractivity contribution is 5.69. The van der Waals surface area contributed by atoms with Gasteiger partial charge in [0.1, 0.15) is 11.7 Å². The van der Waals surface area contributed by atoms with Gasteiger partial charge in [-0.1, -0.05) is 39.5 Å². The van der Waals surface area contributed by atoms with E-state index < -0.39 is 11.7 Å². The van der Waals surface area contributed by atoms with Gasteiger partial charge in [-0.25, -0.2) is 0 Å². The molecule has 2 bridgehead atoms. The molecule has 2 saturated heterocycles. The summed E-state index contributed by atoms with van der Waals surface area (Å²) in [5, 5.41) is 10.6. The van der Waals surface area contributed by atoms with Crippen molar-refractivity contribution in [2.24, 2.45) is 23.7 Å². The zero-order valence-electron chi connectivity index (χ0n) is 18.1. The van der Waals surface area contributed by atoms with Gasteiger partial charge < -0.3 is 14.6 Å². The third-order valence-electron chi connectivity index (χ3n) is 7.36. The predicted molar refractivity (Wildman–Crippen MR) is 111 cm³/mol. The minimum Gasteiger partial charge on any atom is -0.457 e. The molecule has 3 rings (SSSR count). The van der Waals surface area contributed by atoms with E-state index in [-0.39, 0.29) is 24.1 Å². The van der Waals surface area contributed by atoms with Crippen molar-refractivity contribution < 1.29 is 19.4 Å². The third kappa shape index (κ3) is 3.95. The lowest BCUT2D eigenvalue weighted by molar-refractivity contribution is -0.181. The molecule has 0 amide bonds. The van der Waals surface area contributed by atoms with E-state index in [1.165, 1.54) is 5.57 Å². The number of fused-ring (bicyclic) bond motifs is 5. The van der Waals surface area contributed by atoms with Gasteiger partial charge in [-0.3, -0.25) is 4.79 Å². The molecule has 0 aromatic rings. The third-order valence-corrected chi connectivity index (χ3v) is 7.36. The van der Waals surface area contributed by atoms with Crippen molar-refractivity contribution in [3.05, 3.63) is 24.3 Å². The Morgan fingerprint density at radius 2 is 2.04 bits per heavy atom. The largest absolute Gasteiger partial charge is 0.457 e. The van der Waals surface area contributed by atoms with E-state index in [2.05, 4.69) is 27.0 Å². The van der Waals surface area contributed by atoms with Crippen LogP contribution < -0.4 is 0 Å². The average Bonchev–Trinajstić information content (AvgIpc) is 3.01. The van der Waals surface area contributed by atoms with Crippen molar-refractivity contribution in [1.29, 1.82) is 0 Å². The molecule has 1 saturated carbocycles. The van der Waals surface area contributed by atoms with E-state index in [4.69, 9.17) is 9.47 Å². The molecule has 3 aliphatic rings. The van der Waals surface area contributed by atoms with Crippen LogP contribution in [-0.4, -0.2) is 35.0 Å². The zero-order chi connectivity index (χ0) is 20.6. The molecule has 2 aliphatic heterocycles. The van der Waals surface area contributed by atoms with E-state index in [9.17, 15) is 9.90 Å². The predicted octanol–water partition coefficient (Wildman–Crippen LogP) is 4.81. The molecule has 1 N–H and O–H groups in total. The van der Waals surface area contributed by atoms with Gasteiger partial charge >= 0.3 is 5.97 Å². The number of hydrogen-bond donors (Lipinski definition) is 1. The average molecular weight is 391 g/mol. The Bertz CT molecular complexity index is 624. The highest BCUT2D eigenvalue weighted by atomic mass is 16.6. The lowest BCUT2D eigenvalue weighted by Gasteiger charge is -2.45. The van der Waals surface area contributed by atoms with E-state index in [0.717, 1.165) is 24.8 Å². The van der Waals surface area contributed by atoms with E-state index in [1.54, 1.807) is 0 Å². The second kappa shape index (κ2) is 8.31. The Kier molecular flexibility index (Phi) is 6.41. The number of hydrogen-bond acceptors (Lipinski definition) is 4. The molecular formula is C24H38O4. The topological polar surface area (TPSA) is 55.8 Å². The Labute approximate surface area is 170 Å². The first-order valence-electron chi connectivity index (χ1n) is 11.1. The van der Waals surface area contributed by atoms with Crippen molar-refractivity contribution >= 4 is 5.97 Å². The highest BCUT2D eigenvalue weighted by Gasteiger charge is 2.58. The van der Waals surface area contributed by atoms with Crippen LogP contribution in [-0.2, 0) is 14.3 Å². The van der Waals surface area contributed by atoms with Gasteiger partial charge in [0.2, 0.25) is 0 Å². The van der Waals surface area contributed by atoms with Crippen LogP contribution in [0.2, 0.25) is 0 Å². The van der Waals surface area contributed by atoms with E-state index >= 15 is 0 Å². The molecule has 0 aromatic heterocycles. The van der Waals surface area contributed by atoms with E-state index in [1.807, 2.05) is 13.8 Å². The quantitative estimate of drug-likeness (QED) is 0.553. The van der Waals surface area contributed by atoms with Crippen molar-refractivity contribution in [2.45, 2.75) is 96.6 Å². The summed E-state index contributed by atoms with van der Waals surface area (Å²) in [6.45, 7) is 17.1. The molecule has 2 heterocycles. The Morgan fingerprint density at radius 3 is 2.68 bits per heavy atom. The van der Waals surface area contributed by atoms with Gasteiger partial charge in [0, 0.05) is 18.3 Å². The van der Waals surface area contributed by atoms with Crippen LogP contribution in [0.4, 0.5) is 0 Å². The Hall–Kier alpha value is -1.13. The zero-order valence-corrected chi connectivity index (χ0v) is 18.1. The van der Waals surface area contributed by atoms with Crippen LogP contribution in [0.1, 0.15) is 72.6 Å². The summed E-state index contributed by atoms with van der Waals surface area (Å²) in [5.41, 5.74) is 1.34. The molecule has 4 nitrogen and oxygen atoms in total. The summed E-state index contributed by atoms with van der Waals surface area (Å²) < 4.78 is 12.8. The minimum absolute atomic E-state index is 0.0338. The lowest BCUT2D eigenvalue weighted by Crippen LogP contribution is -2.51. The molecule has 0 unspecified atom stereocenters. The summed E-state index contributed by atoms with van der Waals surface area (Å²) in [7, 11) is 0. The van der Waals surface area contributed by atoms with Crippen LogP contribution in [0.3, 0.4) is 0 Å². The van der Waals surface area contributed by atoms with Gasteiger partial charge in [-0.15, -0.1) is 0 Å². The van der Waals surface area contributed by atoms with Crippen molar-refractivity contribution in [3.8, 4) is 0 Å². The highest BCUT2D eigenvalue weighted by Crippen LogP contribution is 2.55. The lowest BCUT2D eigenvalue weighted by atomic mass is 9.61. The molecule has 3 fully saturated rings. The second-order valence-electron chi connectivity index (χ2n) is 9.76. The molecule has 4 heteroatoms. The monoisotopic (exact) mass is 390 g/mol. The van der Waals surface area contributed by atoms with Crippen LogP contribution in [0.5, 0.6) is 0 Å². The van der Waals surface area contributed by atoms with Crippen LogP contribution >= 0.6 is 0 Å². The molecule has 7 atom stereocenters. The van der Waals surface area contributed by atoms with Crippen LogP contribution in [0.15, 0.2) is 24.3 Å². The maximum atomic E-state index is 12.5. The molecule has 0 spiro atoms. The number of carbonyl (C=O) groups is 1. The maximum Gasteiger partial charge on any atom is 0.306 e. The summed E-state index contributed by atoms with van der Waals surface area (Å²) >= 11 is 0. The number of ether oxygens (including phenoxy) is 2. The molecule has 28 heavy (non-hydrogen) atoms. The van der Waals surface area contributed by atoms with Crippen molar-refractivity contribution in [2.75, 3.05) is 0 Å². The SMILES string of the molecule is C=C1CC[C@H](C(C)C)[C@@H]2[C@H]1[C@@H]1CC(=C)[C@@H](O)CC[C@@](C)(OC(=O)CCC)[C@H]2O1. The fourth-order valence-electron chi connectivity index (χ4n) is 5.83. The summed E-state index contributed by atoms with van der Waals surface area (Å²) in [6, 6.07) is 0. The summed E-state index contributed by atoms with van der Waals surface area (Å²) in [6.07, 6.45) is 4.33. The van der Waals surface area contributed by atoms with E-state index in [0.29, 0.717) is 43.4 Å². The molecule has 0 radical (unpaired) electrons. The normalized spacial score (nSPS) is 41.2. The van der Waals surface area contributed by atoms with Crippen molar-refractivity contribution in [3.63, 3.8) is 0 Å². The number of esters is 1. The molecular weight excluding hydrogens is 352 g/mol. The fourth-order valence-corrected chi connectivity index (χ4v) is 5.83. The Morgan fingerprint density at radius 1 is 1.32 bits per heavy atom. The second-order valence-corrected chi connectivity index (χ2v) is 9.76. The summed E-state index contributed by atoms with van der Waals surface area (Å²) in [4.78, 5) is 12.5. The first-order chi connectivity index (χ1) is 13.2. The standard InChI is InChI=1S/C24H38O4/c1-7-8-20(26)28-24(6)12-11-18(25)16(5)13-19-21-15(4)9-10-17(14(2)3)22(21)23(24)27-19/h14,17-19,21-23,25H,4-5,7-13H2,1-3,6H3/t17-,18+,19+,21-,22-,23+,24-/m1/s1. The number of rotatable bonds is 4. The first kappa shape index (κ1) is 21.6. The van der Waals surface area contributed by atoms with Crippen molar-refractivity contribution in [1.82, 2.24) is 0 Å². The van der Waals surface area contributed by atoms with Gasteiger partial charge in [-0.2, -0.15) is 0 Å². The number of aliphatic hydroxyl groups excluding tert-OH is 1. The first-order valence-corrected chi connectivity index (χ1v) is 11.1. The van der Waals surface area contributed by atoms with Gasteiger partial charge in [0.15, 0.2) is 0 Å². The van der Waals surface area contributed by atoms with Gasteiger partial charge in [-0.05, 0) is 62.9 Å². The van der Waals surface area contributed by atoms with Crippen LogP contribution in [0.25, 0.3) is 0 Å². The minimum atomic E-state index is -0.736. The molecule has 158 valence electrons. The van der Waals surface area contributed by atoms with Gasteiger partial charge in [0.05, 0.1) is 12.2 Å². The number of carbonyl (C=O) groups excluding carboxylic acids is 1. The molecule has 1 aliphatic carbocycles. The maximum absolute atomic E-state index is 12.5. The summed E-state index contributed by atoms with van der Waals surface area (Å²) in [5.74, 6) is 1.44. The van der Waals surface area contributed by atoms with Gasteiger partial charge in [0.25, 0.3) is 0 Å².